The van der Waals surface area contributed by atoms with Crippen LogP contribution in [0.3, 0.4) is 0 Å². The van der Waals surface area contributed by atoms with Gasteiger partial charge in [0.25, 0.3) is 5.91 Å². The molecular weight excluding hydrogens is 469 g/mol. The lowest BCUT2D eigenvalue weighted by atomic mass is 9.90. The van der Waals surface area contributed by atoms with E-state index in [9.17, 15) is 14.0 Å². The minimum atomic E-state index is -0.627. The van der Waals surface area contributed by atoms with E-state index in [1.54, 1.807) is 29.3 Å². The number of likely N-dealkylation sites (tertiary alicyclic amines) is 1. The van der Waals surface area contributed by atoms with E-state index in [4.69, 9.17) is 16.3 Å². The SMILES string of the molecule is CC[C@@H]1CC[C@H](C(=O)NC(c2ccc(Cl)cc2F)C2COC2)N1C(=O)c1ccnc(C(C)(C)C)c1. The summed E-state index contributed by atoms with van der Waals surface area (Å²) >= 11 is 5.94. The van der Waals surface area contributed by atoms with E-state index >= 15 is 0 Å². The van der Waals surface area contributed by atoms with Crippen LogP contribution in [0.15, 0.2) is 36.5 Å². The number of hydrogen-bond acceptors (Lipinski definition) is 4. The lowest BCUT2D eigenvalue weighted by molar-refractivity contribution is -0.128. The molecule has 2 fully saturated rings. The molecule has 6 nitrogen and oxygen atoms in total. The van der Waals surface area contributed by atoms with Gasteiger partial charge in [0.1, 0.15) is 11.9 Å². The quantitative estimate of drug-likeness (QED) is 0.600. The highest BCUT2D eigenvalue weighted by atomic mass is 35.5. The Balaban J connectivity index is 1.60. The molecule has 2 saturated heterocycles. The first kappa shape index (κ1) is 25.6. The smallest absolute Gasteiger partial charge is 0.254 e. The third-order valence-corrected chi connectivity index (χ3v) is 7.25. The van der Waals surface area contributed by atoms with Crippen molar-refractivity contribution in [3.05, 3.63) is 64.2 Å². The van der Waals surface area contributed by atoms with Crippen molar-refractivity contribution in [1.29, 1.82) is 0 Å². The Bertz CT molecular complexity index is 1100. The van der Waals surface area contributed by atoms with Crippen LogP contribution in [0.5, 0.6) is 0 Å². The third-order valence-electron chi connectivity index (χ3n) is 7.02. The summed E-state index contributed by atoms with van der Waals surface area (Å²) in [4.78, 5) is 33.4. The molecule has 1 aromatic carbocycles. The van der Waals surface area contributed by atoms with E-state index in [0.717, 1.165) is 18.5 Å². The minimum absolute atomic E-state index is 0.0396. The fourth-order valence-corrected chi connectivity index (χ4v) is 5.03. The number of pyridine rings is 1. The number of carbonyl (C=O) groups excluding carboxylic acids is 2. The molecule has 8 heteroatoms. The summed E-state index contributed by atoms with van der Waals surface area (Å²) in [5.74, 6) is -0.960. The summed E-state index contributed by atoms with van der Waals surface area (Å²) in [5, 5.41) is 3.34. The van der Waals surface area contributed by atoms with Crippen molar-refractivity contribution in [1.82, 2.24) is 15.2 Å². The second kappa shape index (κ2) is 10.2. The summed E-state index contributed by atoms with van der Waals surface area (Å²) < 4.78 is 20.1. The number of carbonyl (C=O) groups is 2. The van der Waals surface area contributed by atoms with E-state index in [-0.39, 0.29) is 29.2 Å². The Hall–Kier alpha value is -2.51. The van der Waals surface area contributed by atoms with Gasteiger partial charge >= 0.3 is 0 Å². The first-order valence-corrected chi connectivity index (χ1v) is 12.6. The molecule has 0 spiro atoms. The van der Waals surface area contributed by atoms with Crippen molar-refractivity contribution in [2.24, 2.45) is 5.92 Å². The highest BCUT2D eigenvalue weighted by molar-refractivity contribution is 6.30. The molecule has 0 bridgehead atoms. The fraction of sp³-hybridized carbons (Fsp3) is 0.519. The Labute approximate surface area is 211 Å². The molecule has 4 rings (SSSR count). The molecule has 1 N–H and O–H groups in total. The van der Waals surface area contributed by atoms with Gasteiger partial charge in [0.05, 0.1) is 19.3 Å². The number of nitrogens with one attached hydrogen (secondary N) is 1. The topological polar surface area (TPSA) is 71.5 Å². The van der Waals surface area contributed by atoms with Crippen molar-refractivity contribution in [3.63, 3.8) is 0 Å². The fourth-order valence-electron chi connectivity index (χ4n) is 4.87. The Kier molecular flexibility index (Phi) is 7.48. The second-order valence-electron chi connectivity index (χ2n) is 10.5. The molecule has 1 aromatic heterocycles. The molecule has 35 heavy (non-hydrogen) atoms. The molecule has 2 amide bonds. The second-order valence-corrected chi connectivity index (χ2v) is 10.9. The normalized spacial score (nSPS) is 21.5. The highest BCUT2D eigenvalue weighted by Gasteiger charge is 2.42. The van der Waals surface area contributed by atoms with Gasteiger partial charge in [-0.2, -0.15) is 0 Å². The zero-order valence-corrected chi connectivity index (χ0v) is 21.4. The third kappa shape index (κ3) is 5.36. The Morgan fingerprint density at radius 2 is 1.97 bits per heavy atom. The summed E-state index contributed by atoms with van der Waals surface area (Å²) in [7, 11) is 0. The number of ether oxygens (including phenoxy) is 1. The van der Waals surface area contributed by atoms with E-state index in [0.29, 0.717) is 35.8 Å². The molecule has 2 aliphatic heterocycles. The number of aromatic nitrogens is 1. The van der Waals surface area contributed by atoms with Crippen LogP contribution in [0.1, 0.15) is 74.6 Å². The lowest BCUT2D eigenvalue weighted by Crippen LogP contribution is -2.52. The van der Waals surface area contributed by atoms with Crippen molar-refractivity contribution >= 4 is 23.4 Å². The highest BCUT2D eigenvalue weighted by Crippen LogP contribution is 2.34. The number of benzene rings is 1. The standard InChI is InChI=1S/C27H33ClFN3O3/c1-5-19-7-9-22(32(19)26(34)16-10-11-30-23(12-16)27(2,3)4)25(33)31-24(17-14-35-15-17)20-8-6-18(28)13-21(20)29/h6,8,10-13,17,19,22,24H,5,7,9,14-15H2,1-4H3,(H,31,33)/t19-,22-,24?/m1/s1. The maximum atomic E-state index is 14.8. The first-order chi connectivity index (χ1) is 16.6. The van der Waals surface area contributed by atoms with Crippen LogP contribution < -0.4 is 5.32 Å². The van der Waals surface area contributed by atoms with Crippen LogP contribution in [-0.2, 0) is 14.9 Å². The van der Waals surface area contributed by atoms with Crippen molar-refractivity contribution in [2.75, 3.05) is 13.2 Å². The maximum absolute atomic E-state index is 14.8. The molecule has 0 radical (unpaired) electrons. The van der Waals surface area contributed by atoms with Gasteiger partial charge in [0.15, 0.2) is 0 Å². The van der Waals surface area contributed by atoms with Crippen LogP contribution in [0.4, 0.5) is 4.39 Å². The molecule has 3 atom stereocenters. The van der Waals surface area contributed by atoms with Crippen molar-refractivity contribution in [2.45, 2.75) is 70.5 Å². The average Bonchev–Trinajstić information content (AvgIpc) is 3.21. The molecule has 3 heterocycles. The van der Waals surface area contributed by atoms with E-state index in [2.05, 4.69) is 10.3 Å². The largest absolute Gasteiger partial charge is 0.381 e. The van der Waals surface area contributed by atoms with E-state index in [1.165, 1.54) is 6.07 Å². The number of rotatable bonds is 6. The molecular formula is C27H33ClFN3O3. The van der Waals surface area contributed by atoms with Crippen LogP contribution in [-0.4, -0.2) is 47.0 Å². The average molecular weight is 502 g/mol. The molecule has 0 saturated carbocycles. The van der Waals surface area contributed by atoms with Crippen LogP contribution >= 0.6 is 11.6 Å². The first-order valence-electron chi connectivity index (χ1n) is 12.2. The van der Waals surface area contributed by atoms with Crippen molar-refractivity contribution < 1.29 is 18.7 Å². The summed E-state index contributed by atoms with van der Waals surface area (Å²) in [6.45, 7) is 9.03. The summed E-state index contributed by atoms with van der Waals surface area (Å²) in [6, 6.07) is 6.78. The molecule has 2 aliphatic rings. The van der Waals surface area contributed by atoms with Gasteiger partial charge in [-0.1, -0.05) is 45.4 Å². The zero-order valence-electron chi connectivity index (χ0n) is 20.7. The summed E-state index contributed by atoms with van der Waals surface area (Å²) in [6.07, 6.45) is 3.70. The van der Waals surface area contributed by atoms with Gasteiger partial charge in [-0.25, -0.2) is 4.39 Å². The van der Waals surface area contributed by atoms with Gasteiger partial charge in [0.2, 0.25) is 5.91 Å². The maximum Gasteiger partial charge on any atom is 0.254 e. The monoisotopic (exact) mass is 501 g/mol. The predicted molar refractivity (Wildman–Crippen MR) is 133 cm³/mol. The van der Waals surface area contributed by atoms with Gasteiger partial charge in [-0.05, 0) is 43.5 Å². The predicted octanol–water partition coefficient (Wildman–Crippen LogP) is 5.06. The van der Waals surface area contributed by atoms with Crippen LogP contribution in [0.2, 0.25) is 5.02 Å². The van der Waals surface area contributed by atoms with Crippen molar-refractivity contribution in [3.8, 4) is 0 Å². The van der Waals surface area contributed by atoms with Gasteiger partial charge < -0.3 is 15.0 Å². The van der Waals surface area contributed by atoms with Crippen LogP contribution in [0.25, 0.3) is 0 Å². The number of amides is 2. The van der Waals surface area contributed by atoms with Crippen LogP contribution in [0, 0.1) is 11.7 Å². The number of halogens is 2. The Morgan fingerprint density at radius 1 is 1.23 bits per heavy atom. The van der Waals surface area contributed by atoms with Gasteiger partial charge in [0, 0.05) is 45.4 Å². The lowest BCUT2D eigenvalue weighted by Gasteiger charge is -2.36. The minimum Gasteiger partial charge on any atom is -0.381 e. The van der Waals surface area contributed by atoms with E-state index in [1.807, 2.05) is 33.8 Å². The number of hydrogen-bond donors (Lipinski definition) is 1. The molecule has 0 aliphatic carbocycles. The van der Waals surface area contributed by atoms with E-state index < -0.39 is 17.9 Å². The Morgan fingerprint density at radius 3 is 2.57 bits per heavy atom. The number of nitrogens with zero attached hydrogens (tertiary/aromatic N) is 2. The van der Waals surface area contributed by atoms with Gasteiger partial charge in [-0.3, -0.25) is 14.6 Å². The molecule has 2 aromatic rings. The van der Waals surface area contributed by atoms with Gasteiger partial charge in [-0.15, -0.1) is 0 Å². The summed E-state index contributed by atoms with van der Waals surface area (Å²) in [5.41, 5.74) is 1.52. The molecule has 1 unspecified atom stereocenters. The zero-order chi connectivity index (χ0) is 25.3. The molecule has 188 valence electrons.